The first-order valence-electron chi connectivity index (χ1n) is 6.54. The third-order valence-corrected chi connectivity index (χ3v) is 2.88. The van der Waals surface area contributed by atoms with E-state index in [2.05, 4.69) is 10.6 Å². The van der Waals surface area contributed by atoms with E-state index in [1.807, 2.05) is 13.0 Å². The highest BCUT2D eigenvalue weighted by molar-refractivity contribution is 7.80. The number of aliphatic hydroxyl groups is 1. The second kappa shape index (κ2) is 8.50. The van der Waals surface area contributed by atoms with E-state index in [1.54, 1.807) is 31.2 Å². The standard InChI is InChI=1S/C14H20N2O3S/c1-3-15-14(20)16-11(13(18)19-4-2)12(17)10-8-6-5-7-9-10/h5-9,11-12,17H,3-4H2,1-2H3,(H2,15,16,20). The van der Waals surface area contributed by atoms with Gasteiger partial charge in [0.1, 0.15) is 6.10 Å². The fraction of sp³-hybridized carbons (Fsp3) is 0.429. The van der Waals surface area contributed by atoms with Crippen LogP contribution in [-0.2, 0) is 9.53 Å². The van der Waals surface area contributed by atoms with Gasteiger partial charge in [-0.3, -0.25) is 0 Å². The van der Waals surface area contributed by atoms with E-state index in [4.69, 9.17) is 17.0 Å². The molecule has 2 unspecified atom stereocenters. The Kier molecular flexibility index (Phi) is 6.97. The highest BCUT2D eigenvalue weighted by Gasteiger charge is 2.29. The second-order valence-electron chi connectivity index (χ2n) is 4.09. The molecule has 0 aliphatic heterocycles. The maximum absolute atomic E-state index is 12.0. The van der Waals surface area contributed by atoms with Crippen molar-refractivity contribution in [2.24, 2.45) is 0 Å². The van der Waals surface area contributed by atoms with Gasteiger partial charge < -0.3 is 20.5 Å². The zero-order chi connectivity index (χ0) is 15.0. The molecule has 1 aromatic carbocycles. The second-order valence-corrected chi connectivity index (χ2v) is 4.50. The van der Waals surface area contributed by atoms with Crippen LogP contribution < -0.4 is 10.6 Å². The number of ether oxygens (including phenoxy) is 1. The van der Waals surface area contributed by atoms with E-state index in [1.165, 1.54) is 0 Å². The van der Waals surface area contributed by atoms with E-state index in [0.717, 1.165) is 0 Å². The van der Waals surface area contributed by atoms with E-state index in [9.17, 15) is 9.90 Å². The maximum atomic E-state index is 12.0. The van der Waals surface area contributed by atoms with Crippen molar-refractivity contribution in [1.29, 1.82) is 0 Å². The molecule has 0 spiro atoms. The van der Waals surface area contributed by atoms with Gasteiger partial charge in [-0.15, -0.1) is 0 Å². The molecular formula is C14H20N2O3S. The Hall–Kier alpha value is -1.66. The van der Waals surface area contributed by atoms with Gasteiger partial charge in [0.15, 0.2) is 11.2 Å². The van der Waals surface area contributed by atoms with Crippen molar-refractivity contribution in [3.63, 3.8) is 0 Å². The van der Waals surface area contributed by atoms with Gasteiger partial charge in [-0.2, -0.15) is 0 Å². The molecule has 1 aromatic rings. The summed E-state index contributed by atoms with van der Waals surface area (Å²) in [5.41, 5.74) is 0.623. The Morgan fingerprint density at radius 1 is 1.35 bits per heavy atom. The molecule has 0 heterocycles. The number of nitrogens with one attached hydrogen (secondary N) is 2. The van der Waals surface area contributed by atoms with Gasteiger partial charge in [-0.25, -0.2) is 4.79 Å². The van der Waals surface area contributed by atoms with Crippen molar-refractivity contribution < 1.29 is 14.6 Å². The first kappa shape index (κ1) is 16.4. The number of thiocarbonyl (C=S) groups is 1. The molecule has 110 valence electrons. The summed E-state index contributed by atoms with van der Waals surface area (Å²) in [5.74, 6) is -0.538. The molecule has 0 aromatic heterocycles. The SMILES string of the molecule is CCNC(=S)NC(C(=O)OCC)C(O)c1ccccc1. The average molecular weight is 296 g/mol. The molecule has 2 atom stereocenters. The van der Waals surface area contributed by atoms with Crippen LogP contribution in [0.3, 0.4) is 0 Å². The molecular weight excluding hydrogens is 276 g/mol. The summed E-state index contributed by atoms with van der Waals surface area (Å²) < 4.78 is 4.98. The van der Waals surface area contributed by atoms with Crippen LogP contribution in [0.2, 0.25) is 0 Å². The van der Waals surface area contributed by atoms with Crippen molar-refractivity contribution in [3.05, 3.63) is 35.9 Å². The van der Waals surface area contributed by atoms with Gasteiger partial charge in [-0.1, -0.05) is 30.3 Å². The third-order valence-electron chi connectivity index (χ3n) is 2.62. The summed E-state index contributed by atoms with van der Waals surface area (Å²) >= 11 is 5.06. The smallest absolute Gasteiger partial charge is 0.331 e. The van der Waals surface area contributed by atoms with Crippen LogP contribution in [0.1, 0.15) is 25.5 Å². The van der Waals surface area contributed by atoms with Crippen LogP contribution >= 0.6 is 12.2 Å². The summed E-state index contributed by atoms with van der Waals surface area (Å²) in [5, 5.41) is 16.3. The summed E-state index contributed by atoms with van der Waals surface area (Å²) in [6.45, 7) is 4.47. The van der Waals surface area contributed by atoms with E-state index in [0.29, 0.717) is 17.2 Å². The number of esters is 1. The third kappa shape index (κ3) is 4.79. The Labute approximate surface area is 124 Å². The minimum atomic E-state index is -1.04. The zero-order valence-corrected chi connectivity index (χ0v) is 12.4. The Morgan fingerprint density at radius 2 is 2.00 bits per heavy atom. The molecule has 3 N–H and O–H groups in total. The van der Waals surface area contributed by atoms with Crippen LogP contribution in [0.15, 0.2) is 30.3 Å². The summed E-state index contributed by atoms with van der Waals surface area (Å²) in [6, 6.07) is 7.98. The van der Waals surface area contributed by atoms with E-state index < -0.39 is 18.1 Å². The number of benzene rings is 1. The van der Waals surface area contributed by atoms with Gasteiger partial charge in [-0.05, 0) is 31.6 Å². The summed E-state index contributed by atoms with van der Waals surface area (Å²) in [6.07, 6.45) is -1.04. The predicted molar refractivity (Wildman–Crippen MR) is 81.2 cm³/mol. The number of aliphatic hydroxyl groups excluding tert-OH is 1. The van der Waals surface area contributed by atoms with Gasteiger partial charge in [0.05, 0.1) is 6.61 Å². The molecule has 0 fully saturated rings. The van der Waals surface area contributed by atoms with Crippen molar-refractivity contribution in [2.45, 2.75) is 26.0 Å². The number of carbonyl (C=O) groups is 1. The van der Waals surface area contributed by atoms with Crippen LogP contribution in [0.4, 0.5) is 0 Å². The minimum absolute atomic E-state index is 0.243. The van der Waals surface area contributed by atoms with Gasteiger partial charge in [0.2, 0.25) is 0 Å². The maximum Gasteiger partial charge on any atom is 0.331 e. The first-order chi connectivity index (χ1) is 9.60. The first-order valence-corrected chi connectivity index (χ1v) is 6.95. The van der Waals surface area contributed by atoms with Crippen molar-refractivity contribution >= 4 is 23.3 Å². The van der Waals surface area contributed by atoms with E-state index >= 15 is 0 Å². The number of hydrogen-bond donors (Lipinski definition) is 3. The lowest BCUT2D eigenvalue weighted by Gasteiger charge is -2.24. The lowest BCUT2D eigenvalue weighted by molar-refractivity contribution is -0.148. The van der Waals surface area contributed by atoms with Gasteiger partial charge in [0, 0.05) is 6.54 Å². The average Bonchev–Trinajstić information content (AvgIpc) is 2.45. The van der Waals surface area contributed by atoms with Crippen LogP contribution in [-0.4, -0.2) is 35.4 Å². The molecule has 0 bridgehead atoms. The molecule has 0 aliphatic carbocycles. The fourth-order valence-corrected chi connectivity index (χ4v) is 1.97. The molecule has 0 saturated heterocycles. The van der Waals surface area contributed by atoms with Gasteiger partial charge in [0.25, 0.3) is 0 Å². The molecule has 0 saturated carbocycles. The highest BCUT2D eigenvalue weighted by atomic mass is 32.1. The van der Waals surface area contributed by atoms with E-state index in [-0.39, 0.29) is 6.61 Å². The zero-order valence-electron chi connectivity index (χ0n) is 11.6. The monoisotopic (exact) mass is 296 g/mol. The molecule has 0 aliphatic rings. The Morgan fingerprint density at radius 3 is 2.55 bits per heavy atom. The normalized spacial score (nSPS) is 13.2. The van der Waals surface area contributed by atoms with Crippen LogP contribution in [0, 0.1) is 0 Å². The Balaban J connectivity index is 2.86. The van der Waals surface area contributed by atoms with Crippen LogP contribution in [0.5, 0.6) is 0 Å². The molecule has 0 amide bonds. The van der Waals surface area contributed by atoms with Crippen LogP contribution in [0.25, 0.3) is 0 Å². The van der Waals surface area contributed by atoms with Gasteiger partial charge >= 0.3 is 5.97 Å². The lowest BCUT2D eigenvalue weighted by atomic mass is 10.0. The van der Waals surface area contributed by atoms with Crippen molar-refractivity contribution in [3.8, 4) is 0 Å². The molecule has 0 radical (unpaired) electrons. The fourth-order valence-electron chi connectivity index (χ4n) is 1.69. The molecule has 1 rings (SSSR count). The molecule has 6 heteroatoms. The predicted octanol–water partition coefficient (Wildman–Crippen LogP) is 1.14. The highest BCUT2D eigenvalue weighted by Crippen LogP contribution is 2.17. The summed E-state index contributed by atoms with van der Waals surface area (Å²) in [4.78, 5) is 12.0. The quantitative estimate of drug-likeness (QED) is 0.540. The van der Waals surface area contributed by atoms with Crippen molar-refractivity contribution in [1.82, 2.24) is 10.6 Å². The largest absolute Gasteiger partial charge is 0.464 e. The minimum Gasteiger partial charge on any atom is -0.464 e. The number of rotatable bonds is 6. The lowest BCUT2D eigenvalue weighted by Crippen LogP contribution is -2.49. The van der Waals surface area contributed by atoms with Crippen molar-refractivity contribution in [2.75, 3.05) is 13.2 Å². The number of hydrogen-bond acceptors (Lipinski definition) is 4. The molecule has 5 nitrogen and oxygen atoms in total. The number of carbonyl (C=O) groups excluding carboxylic acids is 1. The summed E-state index contributed by atoms with van der Waals surface area (Å²) in [7, 11) is 0. The molecule has 20 heavy (non-hydrogen) atoms. The topological polar surface area (TPSA) is 70.6 Å². The Bertz CT molecular complexity index is 439.